The maximum atomic E-state index is 12.1. The van der Waals surface area contributed by atoms with Gasteiger partial charge in [-0.15, -0.1) is 11.3 Å². The summed E-state index contributed by atoms with van der Waals surface area (Å²) < 4.78 is 31.3. The first-order valence-corrected chi connectivity index (χ1v) is 12.0. The average molecular weight is 452 g/mol. The number of carbonyl (C=O) groups is 1. The van der Waals surface area contributed by atoms with Gasteiger partial charge in [0.1, 0.15) is 16.8 Å². The number of thiazole rings is 1. The van der Waals surface area contributed by atoms with Crippen LogP contribution in [0.3, 0.4) is 0 Å². The number of rotatable bonds is 5. The number of aryl methyl sites for hydroxylation is 1. The van der Waals surface area contributed by atoms with Crippen LogP contribution in [0.5, 0.6) is 0 Å². The SMILES string of the molecule is Cc1nn(C2CCS(=O)(=O)C2)c(Cl)c1/C=C/C(=O)OCc1nc2ccccc2s1. The van der Waals surface area contributed by atoms with E-state index in [-0.39, 0.29) is 24.2 Å². The summed E-state index contributed by atoms with van der Waals surface area (Å²) in [6, 6.07) is 7.45. The van der Waals surface area contributed by atoms with Crippen molar-refractivity contribution >= 4 is 55.0 Å². The molecule has 0 radical (unpaired) electrons. The number of benzene rings is 1. The highest BCUT2D eigenvalue weighted by Gasteiger charge is 2.31. The van der Waals surface area contributed by atoms with Gasteiger partial charge in [-0.2, -0.15) is 5.10 Å². The number of ether oxygens (including phenoxy) is 1. The molecule has 152 valence electrons. The normalized spacial score (nSPS) is 18.6. The lowest BCUT2D eigenvalue weighted by molar-refractivity contribution is -0.138. The standard InChI is InChI=1S/C19H18ClN3O4S2/c1-12-14(19(20)23(22-12)13-8-9-29(25,26)11-13)6-7-18(24)27-10-17-21-15-4-2-3-5-16(15)28-17/h2-7,13H,8-11H2,1H3/b7-6+. The zero-order valence-corrected chi connectivity index (χ0v) is 17.9. The van der Waals surface area contributed by atoms with Gasteiger partial charge in [-0.25, -0.2) is 22.9 Å². The lowest BCUT2D eigenvalue weighted by Crippen LogP contribution is -2.12. The third-order valence-corrected chi connectivity index (χ3v) is 7.82. The van der Waals surface area contributed by atoms with Gasteiger partial charge in [-0.1, -0.05) is 23.7 Å². The molecular formula is C19H18ClN3O4S2. The molecule has 10 heteroatoms. The molecule has 1 aliphatic rings. The Kier molecular flexibility index (Phi) is 5.46. The van der Waals surface area contributed by atoms with Gasteiger partial charge in [0, 0.05) is 11.6 Å². The summed E-state index contributed by atoms with van der Waals surface area (Å²) in [6.07, 6.45) is 3.32. The van der Waals surface area contributed by atoms with Crippen LogP contribution in [-0.2, 0) is 26.0 Å². The molecule has 3 heterocycles. The summed E-state index contributed by atoms with van der Waals surface area (Å²) in [6.45, 7) is 1.85. The molecule has 0 spiro atoms. The second kappa shape index (κ2) is 7.89. The highest BCUT2D eigenvalue weighted by molar-refractivity contribution is 7.91. The van der Waals surface area contributed by atoms with Crippen LogP contribution in [-0.4, -0.2) is 40.7 Å². The first-order chi connectivity index (χ1) is 13.8. The fourth-order valence-electron chi connectivity index (χ4n) is 3.25. The Balaban J connectivity index is 1.42. The number of nitrogens with zero attached hydrogens (tertiary/aromatic N) is 3. The van der Waals surface area contributed by atoms with Crippen LogP contribution in [0.2, 0.25) is 5.15 Å². The van der Waals surface area contributed by atoms with E-state index in [0.29, 0.717) is 22.8 Å². The number of fused-ring (bicyclic) bond motifs is 1. The van der Waals surface area contributed by atoms with Crippen molar-refractivity contribution < 1.29 is 17.9 Å². The van der Waals surface area contributed by atoms with Crippen molar-refractivity contribution in [2.45, 2.75) is 26.0 Å². The molecule has 3 aromatic rings. The fourth-order valence-corrected chi connectivity index (χ4v) is 6.19. The lowest BCUT2D eigenvalue weighted by Gasteiger charge is -2.09. The largest absolute Gasteiger partial charge is 0.455 e. The highest BCUT2D eigenvalue weighted by atomic mass is 35.5. The van der Waals surface area contributed by atoms with E-state index in [1.54, 1.807) is 13.0 Å². The first kappa shape index (κ1) is 20.1. The number of aromatic nitrogens is 3. The summed E-state index contributed by atoms with van der Waals surface area (Å²) in [5.74, 6) is -0.354. The Morgan fingerprint density at radius 3 is 2.93 bits per heavy atom. The van der Waals surface area contributed by atoms with Crippen molar-refractivity contribution in [2.24, 2.45) is 0 Å². The van der Waals surface area contributed by atoms with E-state index in [1.165, 1.54) is 22.1 Å². The topological polar surface area (TPSA) is 91.2 Å². The van der Waals surface area contributed by atoms with E-state index in [9.17, 15) is 13.2 Å². The van der Waals surface area contributed by atoms with E-state index < -0.39 is 15.8 Å². The van der Waals surface area contributed by atoms with E-state index in [2.05, 4.69) is 10.1 Å². The second-order valence-electron chi connectivity index (χ2n) is 6.81. The molecule has 0 aliphatic carbocycles. The molecule has 0 amide bonds. The molecule has 1 aromatic carbocycles. The van der Waals surface area contributed by atoms with Crippen LogP contribution < -0.4 is 0 Å². The summed E-state index contributed by atoms with van der Waals surface area (Å²) in [5, 5.41) is 5.40. The van der Waals surface area contributed by atoms with Gasteiger partial charge in [0.2, 0.25) is 0 Å². The van der Waals surface area contributed by atoms with Gasteiger partial charge in [0.15, 0.2) is 9.84 Å². The first-order valence-electron chi connectivity index (χ1n) is 8.97. The van der Waals surface area contributed by atoms with E-state index in [4.69, 9.17) is 16.3 Å². The number of para-hydroxylation sites is 1. The Hall–Kier alpha value is -2.23. The molecular weight excluding hydrogens is 434 g/mol. The molecule has 0 N–H and O–H groups in total. The van der Waals surface area contributed by atoms with Crippen LogP contribution in [0.4, 0.5) is 0 Å². The molecule has 0 saturated carbocycles. The smallest absolute Gasteiger partial charge is 0.331 e. The van der Waals surface area contributed by atoms with E-state index in [1.807, 2.05) is 24.3 Å². The second-order valence-corrected chi connectivity index (χ2v) is 10.5. The number of sulfone groups is 1. The molecule has 29 heavy (non-hydrogen) atoms. The third-order valence-electron chi connectivity index (χ3n) is 4.69. The van der Waals surface area contributed by atoms with Gasteiger partial charge >= 0.3 is 5.97 Å². The highest BCUT2D eigenvalue weighted by Crippen LogP contribution is 2.30. The monoisotopic (exact) mass is 451 g/mol. The summed E-state index contributed by atoms with van der Waals surface area (Å²) in [4.78, 5) is 16.5. The number of carbonyl (C=O) groups excluding carboxylic acids is 1. The van der Waals surface area contributed by atoms with Crippen molar-refractivity contribution in [3.05, 3.63) is 51.8 Å². The fraction of sp³-hybridized carbons (Fsp3) is 0.316. The summed E-state index contributed by atoms with van der Waals surface area (Å²) >= 11 is 7.88. The zero-order chi connectivity index (χ0) is 20.6. The van der Waals surface area contributed by atoms with Crippen LogP contribution in [0.25, 0.3) is 16.3 Å². The predicted molar refractivity (Wildman–Crippen MR) is 113 cm³/mol. The van der Waals surface area contributed by atoms with Gasteiger partial charge in [-0.05, 0) is 31.6 Å². The van der Waals surface area contributed by atoms with Gasteiger partial charge in [-0.3, -0.25) is 0 Å². The molecule has 1 fully saturated rings. The van der Waals surface area contributed by atoms with Crippen LogP contribution in [0.1, 0.15) is 28.7 Å². The number of hydrogen-bond donors (Lipinski definition) is 0. The molecule has 1 atom stereocenters. The molecule has 2 aromatic heterocycles. The Bertz CT molecular complexity index is 1180. The van der Waals surface area contributed by atoms with Gasteiger partial charge in [0.05, 0.1) is 33.5 Å². The minimum Gasteiger partial charge on any atom is -0.455 e. The van der Waals surface area contributed by atoms with Crippen molar-refractivity contribution in [1.82, 2.24) is 14.8 Å². The third kappa shape index (κ3) is 4.36. The molecule has 0 bridgehead atoms. The van der Waals surface area contributed by atoms with Crippen molar-refractivity contribution in [3.63, 3.8) is 0 Å². The van der Waals surface area contributed by atoms with Gasteiger partial charge < -0.3 is 4.74 Å². The quantitative estimate of drug-likeness (QED) is 0.435. The maximum Gasteiger partial charge on any atom is 0.331 e. The van der Waals surface area contributed by atoms with Gasteiger partial charge in [0.25, 0.3) is 0 Å². The number of halogens is 1. The number of esters is 1. The zero-order valence-electron chi connectivity index (χ0n) is 15.5. The van der Waals surface area contributed by atoms with Crippen LogP contribution in [0.15, 0.2) is 30.3 Å². The average Bonchev–Trinajstić information content (AvgIpc) is 3.33. The predicted octanol–water partition coefficient (Wildman–Crippen LogP) is 3.57. The molecule has 7 nitrogen and oxygen atoms in total. The van der Waals surface area contributed by atoms with E-state index >= 15 is 0 Å². The summed E-state index contributed by atoms with van der Waals surface area (Å²) in [7, 11) is -3.05. The molecule has 1 saturated heterocycles. The molecule has 4 rings (SSSR count). The Morgan fingerprint density at radius 1 is 1.41 bits per heavy atom. The minimum absolute atomic E-state index is 0.0290. The maximum absolute atomic E-state index is 12.1. The van der Waals surface area contributed by atoms with E-state index in [0.717, 1.165) is 15.2 Å². The summed E-state index contributed by atoms with van der Waals surface area (Å²) in [5.41, 5.74) is 2.07. The van der Waals surface area contributed by atoms with Crippen molar-refractivity contribution in [1.29, 1.82) is 0 Å². The number of hydrogen-bond acceptors (Lipinski definition) is 7. The molecule has 1 aliphatic heterocycles. The Morgan fingerprint density at radius 2 is 2.21 bits per heavy atom. The molecule has 1 unspecified atom stereocenters. The minimum atomic E-state index is -3.05. The van der Waals surface area contributed by atoms with Crippen LogP contribution >= 0.6 is 22.9 Å². The Labute approximate surface area is 176 Å². The van der Waals surface area contributed by atoms with Crippen molar-refractivity contribution in [2.75, 3.05) is 11.5 Å². The lowest BCUT2D eigenvalue weighted by atomic mass is 10.2. The van der Waals surface area contributed by atoms with Crippen LogP contribution in [0, 0.1) is 6.92 Å². The van der Waals surface area contributed by atoms with Crippen molar-refractivity contribution in [3.8, 4) is 0 Å².